The second-order valence-corrected chi connectivity index (χ2v) is 5.97. The van der Waals surface area contributed by atoms with Gasteiger partial charge in [0.05, 0.1) is 23.1 Å². The number of carbonyl (C=O) groups excluding carboxylic acids is 1. The predicted octanol–water partition coefficient (Wildman–Crippen LogP) is 0.831. The molecule has 0 bridgehead atoms. The van der Waals surface area contributed by atoms with Crippen LogP contribution in [-0.2, 0) is 14.8 Å². The van der Waals surface area contributed by atoms with Gasteiger partial charge < -0.3 is 9.64 Å². The number of primary sulfonamides is 1. The number of likely N-dealkylation sites (N-methyl/N-ethyl adjacent to an activating group) is 1. The molecule has 1 rings (SSSR count). The molecular formula is C13H20N2O4S. The van der Waals surface area contributed by atoms with Crippen molar-refractivity contribution in [3.63, 3.8) is 0 Å². The zero-order chi connectivity index (χ0) is 15.3. The fourth-order valence-corrected chi connectivity index (χ4v) is 2.76. The van der Waals surface area contributed by atoms with Crippen molar-refractivity contribution in [2.75, 3.05) is 20.3 Å². The van der Waals surface area contributed by atoms with E-state index in [1.807, 2.05) is 13.8 Å². The van der Waals surface area contributed by atoms with Crippen molar-refractivity contribution in [2.24, 2.45) is 5.14 Å². The molecule has 1 amide bonds. The van der Waals surface area contributed by atoms with Crippen LogP contribution in [0.3, 0.4) is 0 Å². The summed E-state index contributed by atoms with van der Waals surface area (Å²) in [5, 5.41) is 5.15. The Morgan fingerprint density at radius 3 is 2.50 bits per heavy atom. The monoisotopic (exact) mass is 300 g/mol. The quantitative estimate of drug-likeness (QED) is 0.842. The Morgan fingerprint density at radius 1 is 1.40 bits per heavy atom. The van der Waals surface area contributed by atoms with Crippen molar-refractivity contribution in [3.8, 4) is 0 Å². The zero-order valence-corrected chi connectivity index (χ0v) is 12.7. The summed E-state index contributed by atoms with van der Waals surface area (Å²) in [4.78, 5) is 13.9. The van der Waals surface area contributed by atoms with Gasteiger partial charge in [-0.05, 0) is 26.0 Å². The van der Waals surface area contributed by atoms with Gasteiger partial charge >= 0.3 is 0 Å². The summed E-state index contributed by atoms with van der Waals surface area (Å²) in [7, 11) is -2.39. The van der Waals surface area contributed by atoms with E-state index in [2.05, 4.69) is 0 Å². The Labute approximate surface area is 119 Å². The van der Waals surface area contributed by atoms with Crippen LogP contribution in [-0.4, -0.2) is 45.5 Å². The summed E-state index contributed by atoms with van der Waals surface area (Å²) >= 11 is 0. The van der Waals surface area contributed by atoms with Crippen molar-refractivity contribution < 1.29 is 17.9 Å². The first-order valence-corrected chi connectivity index (χ1v) is 7.79. The zero-order valence-electron chi connectivity index (χ0n) is 11.9. The molecule has 0 aliphatic carbocycles. The van der Waals surface area contributed by atoms with Crippen molar-refractivity contribution in [1.82, 2.24) is 4.90 Å². The number of hydrogen-bond acceptors (Lipinski definition) is 4. The number of nitrogens with zero attached hydrogens (tertiary/aromatic N) is 1. The molecule has 2 N–H and O–H groups in total. The third kappa shape index (κ3) is 3.78. The third-order valence-corrected chi connectivity index (χ3v) is 3.93. The first-order chi connectivity index (χ1) is 9.32. The topological polar surface area (TPSA) is 89.7 Å². The molecule has 1 atom stereocenters. The van der Waals surface area contributed by atoms with Gasteiger partial charge in [-0.25, -0.2) is 13.6 Å². The number of methoxy groups -OCH3 is 1. The summed E-state index contributed by atoms with van der Waals surface area (Å²) < 4.78 is 28.1. The number of nitrogens with two attached hydrogens (primary N) is 1. The second-order valence-electron chi connectivity index (χ2n) is 4.44. The van der Waals surface area contributed by atoms with Crippen molar-refractivity contribution in [2.45, 2.75) is 24.8 Å². The molecule has 7 heteroatoms. The van der Waals surface area contributed by atoms with Gasteiger partial charge in [0.15, 0.2) is 0 Å². The van der Waals surface area contributed by atoms with Crippen LogP contribution in [0.1, 0.15) is 24.2 Å². The molecule has 0 aromatic heterocycles. The van der Waals surface area contributed by atoms with E-state index in [1.165, 1.54) is 18.2 Å². The fourth-order valence-electron chi connectivity index (χ4n) is 2.03. The number of benzene rings is 1. The molecule has 0 aliphatic rings. The average molecular weight is 300 g/mol. The van der Waals surface area contributed by atoms with E-state index in [9.17, 15) is 13.2 Å². The van der Waals surface area contributed by atoms with Crippen LogP contribution in [0.4, 0.5) is 0 Å². The van der Waals surface area contributed by atoms with Gasteiger partial charge in [0, 0.05) is 13.7 Å². The average Bonchev–Trinajstić information content (AvgIpc) is 2.38. The Bertz CT molecular complexity index is 571. The molecule has 1 aromatic rings. The summed E-state index contributed by atoms with van der Waals surface area (Å²) in [6, 6.07) is 5.77. The molecule has 0 aliphatic heterocycles. The Kier molecular flexibility index (Phi) is 5.67. The maximum absolute atomic E-state index is 12.5. The lowest BCUT2D eigenvalue weighted by molar-refractivity contribution is 0.0575. The van der Waals surface area contributed by atoms with E-state index in [4.69, 9.17) is 9.88 Å². The molecule has 0 saturated carbocycles. The maximum Gasteiger partial charge on any atom is 0.255 e. The molecule has 112 valence electrons. The summed E-state index contributed by atoms with van der Waals surface area (Å²) in [6.07, 6.45) is 0. The molecule has 6 nitrogen and oxygen atoms in total. The van der Waals surface area contributed by atoms with Crippen LogP contribution in [0.25, 0.3) is 0 Å². The van der Waals surface area contributed by atoms with Gasteiger partial charge in [0.2, 0.25) is 10.0 Å². The highest BCUT2D eigenvalue weighted by Crippen LogP contribution is 2.17. The predicted molar refractivity (Wildman–Crippen MR) is 75.9 cm³/mol. The van der Waals surface area contributed by atoms with E-state index in [0.29, 0.717) is 13.2 Å². The van der Waals surface area contributed by atoms with Crippen LogP contribution in [0.15, 0.2) is 29.2 Å². The smallest absolute Gasteiger partial charge is 0.255 e. The summed E-state index contributed by atoms with van der Waals surface area (Å²) in [5.74, 6) is -0.373. The maximum atomic E-state index is 12.5. The molecule has 0 spiro atoms. The number of rotatable bonds is 6. The van der Waals surface area contributed by atoms with E-state index < -0.39 is 10.0 Å². The van der Waals surface area contributed by atoms with Crippen molar-refractivity contribution >= 4 is 15.9 Å². The van der Waals surface area contributed by atoms with E-state index in [1.54, 1.807) is 18.1 Å². The molecule has 0 fully saturated rings. The lowest BCUT2D eigenvalue weighted by Crippen LogP contribution is -2.41. The van der Waals surface area contributed by atoms with Gasteiger partial charge in [-0.2, -0.15) is 0 Å². The number of sulfonamides is 1. The standard InChI is InChI=1S/C13H20N2O4S/c1-4-15(10(2)9-19-3)13(16)11-7-5-6-8-12(11)20(14,17)18/h5-8,10H,4,9H2,1-3H3,(H2,14,17,18). The van der Waals surface area contributed by atoms with E-state index in [0.717, 1.165) is 0 Å². The minimum Gasteiger partial charge on any atom is -0.383 e. The first-order valence-electron chi connectivity index (χ1n) is 6.24. The van der Waals surface area contributed by atoms with Gasteiger partial charge in [-0.15, -0.1) is 0 Å². The summed E-state index contributed by atoms with van der Waals surface area (Å²) in [5.41, 5.74) is 0.0832. The molecule has 0 saturated heterocycles. The van der Waals surface area contributed by atoms with Crippen LogP contribution in [0.5, 0.6) is 0 Å². The molecule has 20 heavy (non-hydrogen) atoms. The van der Waals surface area contributed by atoms with Crippen molar-refractivity contribution in [1.29, 1.82) is 0 Å². The minimum atomic E-state index is -3.94. The van der Waals surface area contributed by atoms with Crippen LogP contribution in [0, 0.1) is 0 Å². The summed E-state index contributed by atoms with van der Waals surface area (Å²) in [6.45, 7) is 4.48. The highest BCUT2D eigenvalue weighted by Gasteiger charge is 2.25. The first kappa shape index (κ1) is 16.6. The molecule has 0 heterocycles. The second kappa shape index (κ2) is 6.83. The normalized spacial score (nSPS) is 13.0. The van der Waals surface area contributed by atoms with E-state index >= 15 is 0 Å². The highest BCUT2D eigenvalue weighted by molar-refractivity contribution is 7.89. The Morgan fingerprint density at radius 2 is 2.00 bits per heavy atom. The minimum absolute atomic E-state index is 0.0832. The largest absolute Gasteiger partial charge is 0.383 e. The number of carbonyl (C=O) groups is 1. The SMILES string of the molecule is CCN(C(=O)c1ccccc1S(N)(=O)=O)C(C)COC. The van der Waals surface area contributed by atoms with Gasteiger partial charge in [-0.3, -0.25) is 4.79 Å². The van der Waals surface area contributed by atoms with Crippen LogP contribution in [0.2, 0.25) is 0 Å². The number of hydrogen-bond donors (Lipinski definition) is 1. The van der Waals surface area contributed by atoms with Crippen LogP contribution < -0.4 is 5.14 Å². The highest BCUT2D eigenvalue weighted by atomic mass is 32.2. The molecule has 1 aromatic carbocycles. The van der Waals surface area contributed by atoms with Gasteiger partial charge in [0.1, 0.15) is 0 Å². The number of amides is 1. The number of ether oxygens (including phenoxy) is 1. The molecule has 0 radical (unpaired) electrons. The molecular weight excluding hydrogens is 280 g/mol. The Hall–Kier alpha value is -1.44. The van der Waals surface area contributed by atoms with Gasteiger partial charge in [0.25, 0.3) is 5.91 Å². The van der Waals surface area contributed by atoms with Crippen molar-refractivity contribution in [3.05, 3.63) is 29.8 Å². The van der Waals surface area contributed by atoms with Crippen LogP contribution >= 0.6 is 0 Å². The molecule has 1 unspecified atom stereocenters. The van der Waals surface area contributed by atoms with E-state index in [-0.39, 0.29) is 22.4 Å². The lowest BCUT2D eigenvalue weighted by Gasteiger charge is -2.28. The fraction of sp³-hybridized carbons (Fsp3) is 0.462. The lowest BCUT2D eigenvalue weighted by atomic mass is 10.1. The Balaban J connectivity index is 3.20. The third-order valence-electron chi connectivity index (χ3n) is 2.97. The van der Waals surface area contributed by atoms with Gasteiger partial charge in [-0.1, -0.05) is 12.1 Å².